The normalized spacial score (nSPS) is 15.5. The molecule has 3 rings (SSSR count). The van der Waals surface area contributed by atoms with E-state index in [4.69, 9.17) is 5.73 Å². The van der Waals surface area contributed by atoms with Crippen LogP contribution in [0.15, 0.2) is 24.3 Å². The van der Waals surface area contributed by atoms with Crippen LogP contribution < -0.4 is 16.0 Å². The van der Waals surface area contributed by atoms with Crippen molar-refractivity contribution in [3.05, 3.63) is 35.7 Å². The lowest BCUT2D eigenvalue weighted by Gasteiger charge is -2.34. The molecule has 1 fully saturated rings. The first-order chi connectivity index (χ1) is 11.6. The SMILES string of the molecule is CN1CCN(c2ccc(C(=O)NCCc3nc(N)n[nH]3)cc2)CC1. The Balaban J connectivity index is 1.50. The second kappa shape index (κ2) is 7.31. The zero-order valence-electron chi connectivity index (χ0n) is 13.8. The van der Waals surface area contributed by atoms with Crippen LogP contribution in [0.5, 0.6) is 0 Å². The molecule has 0 saturated carbocycles. The minimum absolute atomic E-state index is 0.0904. The van der Waals surface area contributed by atoms with Crippen LogP contribution in [-0.4, -0.2) is 65.8 Å². The number of anilines is 2. The molecule has 2 heterocycles. The molecular weight excluding hydrogens is 306 g/mol. The van der Waals surface area contributed by atoms with Gasteiger partial charge in [0.15, 0.2) is 0 Å². The van der Waals surface area contributed by atoms with E-state index in [1.54, 1.807) is 0 Å². The highest BCUT2D eigenvalue weighted by Crippen LogP contribution is 2.17. The first-order valence-corrected chi connectivity index (χ1v) is 8.10. The van der Waals surface area contributed by atoms with Crippen molar-refractivity contribution in [1.29, 1.82) is 0 Å². The lowest BCUT2D eigenvalue weighted by molar-refractivity contribution is 0.0954. The minimum atomic E-state index is -0.0904. The van der Waals surface area contributed by atoms with Gasteiger partial charge in [-0.1, -0.05) is 0 Å². The number of piperazine rings is 1. The fourth-order valence-corrected chi connectivity index (χ4v) is 2.71. The molecule has 1 aliphatic rings. The van der Waals surface area contributed by atoms with E-state index >= 15 is 0 Å². The van der Waals surface area contributed by atoms with Crippen LogP contribution in [0.25, 0.3) is 0 Å². The summed E-state index contributed by atoms with van der Waals surface area (Å²) in [6, 6.07) is 7.76. The molecule has 0 radical (unpaired) electrons. The number of hydrogen-bond acceptors (Lipinski definition) is 6. The number of hydrogen-bond donors (Lipinski definition) is 3. The lowest BCUT2D eigenvalue weighted by atomic mass is 10.1. The lowest BCUT2D eigenvalue weighted by Crippen LogP contribution is -2.44. The van der Waals surface area contributed by atoms with Gasteiger partial charge in [-0.2, -0.15) is 4.98 Å². The van der Waals surface area contributed by atoms with Crippen molar-refractivity contribution in [2.75, 3.05) is 50.4 Å². The van der Waals surface area contributed by atoms with Crippen molar-refractivity contribution in [2.45, 2.75) is 6.42 Å². The van der Waals surface area contributed by atoms with Crippen molar-refractivity contribution < 1.29 is 4.79 Å². The van der Waals surface area contributed by atoms with Crippen molar-refractivity contribution >= 4 is 17.5 Å². The van der Waals surface area contributed by atoms with E-state index in [0.29, 0.717) is 24.4 Å². The van der Waals surface area contributed by atoms with Crippen LogP contribution in [0.2, 0.25) is 0 Å². The van der Waals surface area contributed by atoms with Gasteiger partial charge in [0.05, 0.1) is 0 Å². The minimum Gasteiger partial charge on any atom is -0.369 e. The monoisotopic (exact) mass is 329 g/mol. The van der Waals surface area contributed by atoms with E-state index in [9.17, 15) is 4.79 Å². The Morgan fingerprint density at radius 2 is 1.96 bits per heavy atom. The summed E-state index contributed by atoms with van der Waals surface area (Å²) in [6.07, 6.45) is 0.565. The molecule has 1 aromatic carbocycles. The molecule has 0 spiro atoms. The molecule has 128 valence electrons. The number of aromatic nitrogens is 3. The molecule has 8 heteroatoms. The van der Waals surface area contributed by atoms with Crippen LogP contribution in [0, 0.1) is 0 Å². The number of likely N-dealkylation sites (N-methyl/N-ethyl adjacent to an activating group) is 1. The van der Waals surface area contributed by atoms with Gasteiger partial charge in [0.2, 0.25) is 5.95 Å². The zero-order valence-corrected chi connectivity index (χ0v) is 13.8. The number of rotatable bonds is 5. The van der Waals surface area contributed by atoms with Crippen LogP contribution >= 0.6 is 0 Å². The summed E-state index contributed by atoms with van der Waals surface area (Å²) < 4.78 is 0. The van der Waals surface area contributed by atoms with Crippen LogP contribution in [-0.2, 0) is 6.42 Å². The number of nitrogens with two attached hydrogens (primary N) is 1. The smallest absolute Gasteiger partial charge is 0.251 e. The molecule has 0 aliphatic carbocycles. The number of nitrogens with zero attached hydrogens (tertiary/aromatic N) is 4. The third kappa shape index (κ3) is 4.02. The topological polar surface area (TPSA) is 103 Å². The van der Waals surface area contributed by atoms with Gasteiger partial charge >= 0.3 is 0 Å². The number of carbonyl (C=O) groups is 1. The predicted molar refractivity (Wildman–Crippen MR) is 93.0 cm³/mol. The van der Waals surface area contributed by atoms with Gasteiger partial charge in [0.1, 0.15) is 5.82 Å². The molecule has 4 N–H and O–H groups in total. The number of amides is 1. The average molecular weight is 329 g/mol. The van der Waals surface area contributed by atoms with Crippen LogP contribution in [0.1, 0.15) is 16.2 Å². The zero-order chi connectivity index (χ0) is 16.9. The van der Waals surface area contributed by atoms with Gasteiger partial charge in [-0.25, -0.2) is 0 Å². The number of benzene rings is 1. The quantitative estimate of drug-likeness (QED) is 0.719. The molecule has 0 unspecified atom stereocenters. The number of nitrogens with one attached hydrogen (secondary N) is 2. The number of aromatic amines is 1. The van der Waals surface area contributed by atoms with Gasteiger partial charge in [0, 0.05) is 50.4 Å². The maximum absolute atomic E-state index is 12.2. The summed E-state index contributed by atoms with van der Waals surface area (Å²) in [5, 5.41) is 9.35. The van der Waals surface area contributed by atoms with Crippen molar-refractivity contribution in [3.8, 4) is 0 Å². The van der Waals surface area contributed by atoms with Gasteiger partial charge in [-0.05, 0) is 31.3 Å². The molecule has 1 amide bonds. The Labute approximate surface area is 141 Å². The first-order valence-electron chi connectivity index (χ1n) is 8.10. The predicted octanol–water partition coefficient (Wildman–Crippen LogP) is 0.111. The van der Waals surface area contributed by atoms with E-state index in [-0.39, 0.29) is 11.9 Å². The molecule has 1 aromatic heterocycles. The molecule has 1 aliphatic heterocycles. The number of nitrogen functional groups attached to an aromatic ring is 1. The third-order valence-corrected chi connectivity index (χ3v) is 4.19. The second-order valence-electron chi connectivity index (χ2n) is 5.98. The standard InChI is InChI=1S/C16H23N7O/c1-22-8-10-23(11-9-22)13-4-2-12(3-5-13)15(24)18-7-6-14-19-16(17)21-20-14/h2-5H,6-11H2,1H3,(H,18,24)(H3,17,19,20,21). The molecule has 2 aromatic rings. The van der Waals surface area contributed by atoms with Gasteiger partial charge < -0.3 is 20.9 Å². The van der Waals surface area contributed by atoms with Crippen LogP contribution in [0.4, 0.5) is 11.6 Å². The van der Waals surface area contributed by atoms with Gasteiger partial charge in [0.25, 0.3) is 5.91 Å². The fourth-order valence-electron chi connectivity index (χ4n) is 2.71. The van der Waals surface area contributed by atoms with Gasteiger partial charge in [-0.15, -0.1) is 5.10 Å². The van der Waals surface area contributed by atoms with E-state index in [1.807, 2.05) is 24.3 Å². The van der Waals surface area contributed by atoms with Crippen molar-refractivity contribution in [2.24, 2.45) is 0 Å². The van der Waals surface area contributed by atoms with Crippen molar-refractivity contribution in [3.63, 3.8) is 0 Å². The number of H-pyrrole nitrogens is 1. The largest absolute Gasteiger partial charge is 0.369 e. The van der Waals surface area contributed by atoms with E-state index in [2.05, 4.69) is 37.3 Å². The molecule has 24 heavy (non-hydrogen) atoms. The van der Waals surface area contributed by atoms with Gasteiger partial charge in [-0.3, -0.25) is 9.89 Å². The molecule has 8 nitrogen and oxygen atoms in total. The second-order valence-corrected chi connectivity index (χ2v) is 5.98. The summed E-state index contributed by atoms with van der Waals surface area (Å²) in [6.45, 7) is 4.64. The van der Waals surface area contributed by atoms with Crippen molar-refractivity contribution in [1.82, 2.24) is 25.4 Å². The Morgan fingerprint density at radius 3 is 2.58 bits per heavy atom. The maximum Gasteiger partial charge on any atom is 0.251 e. The maximum atomic E-state index is 12.2. The first kappa shape index (κ1) is 16.3. The van der Waals surface area contributed by atoms with Crippen LogP contribution in [0.3, 0.4) is 0 Å². The molecule has 0 bridgehead atoms. The highest BCUT2D eigenvalue weighted by atomic mass is 16.1. The molecule has 1 saturated heterocycles. The Kier molecular flexibility index (Phi) is 4.95. The Morgan fingerprint density at radius 1 is 1.25 bits per heavy atom. The summed E-state index contributed by atoms with van der Waals surface area (Å²) in [7, 11) is 2.14. The van der Waals surface area contributed by atoms with E-state index < -0.39 is 0 Å². The average Bonchev–Trinajstić information content (AvgIpc) is 3.01. The summed E-state index contributed by atoms with van der Waals surface area (Å²) in [5.41, 5.74) is 7.26. The highest BCUT2D eigenvalue weighted by Gasteiger charge is 2.14. The highest BCUT2D eigenvalue weighted by molar-refractivity contribution is 5.94. The summed E-state index contributed by atoms with van der Waals surface area (Å²) in [5.74, 6) is 0.793. The Hall–Kier alpha value is -2.61. The summed E-state index contributed by atoms with van der Waals surface area (Å²) >= 11 is 0. The molecule has 0 atom stereocenters. The Bertz CT molecular complexity index is 674. The summed E-state index contributed by atoms with van der Waals surface area (Å²) in [4.78, 5) is 20.8. The third-order valence-electron chi connectivity index (χ3n) is 4.19. The van der Waals surface area contributed by atoms with E-state index in [1.165, 1.54) is 0 Å². The molecular formula is C16H23N7O. The fraction of sp³-hybridized carbons (Fsp3) is 0.438. The van der Waals surface area contributed by atoms with E-state index in [0.717, 1.165) is 31.9 Å². The number of carbonyl (C=O) groups excluding carboxylic acids is 1.